The van der Waals surface area contributed by atoms with E-state index in [0.29, 0.717) is 0 Å². The van der Waals surface area contributed by atoms with Crippen molar-refractivity contribution in [2.75, 3.05) is 12.1 Å². The van der Waals surface area contributed by atoms with Crippen molar-refractivity contribution in [3.05, 3.63) is 53.1 Å². The zero-order chi connectivity index (χ0) is 16.0. The maximum absolute atomic E-state index is 12.9. The van der Waals surface area contributed by atoms with Gasteiger partial charge in [0, 0.05) is 5.69 Å². The Hall–Kier alpha value is -2.49. The van der Waals surface area contributed by atoms with Crippen LogP contribution in [-0.4, -0.2) is 12.7 Å². The molecule has 0 unspecified atom stereocenters. The fourth-order valence-corrected chi connectivity index (χ4v) is 3.08. The molecule has 2 aromatic carbocycles. The molecule has 2 aliphatic rings. The van der Waals surface area contributed by atoms with Crippen molar-refractivity contribution in [3.8, 4) is 11.5 Å². The number of aryl methyl sites for hydroxylation is 2. The first kappa shape index (κ1) is 14.1. The van der Waals surface area contributed by atoms with E-state index in [1.807, 2.05) is 44.2 Å². The van der Waals surface area contributed by atoms with Crippen LogP contribution in [0.3, 0.4) is 0 Å². The number of fused-ring (bicyclic) bond motifs is 1. The van der Waals surface area contributed by atoms with Gasteiger partial charge in [0.25, 0.3) is 0 Å². The third kappa shape index (κ3) is 2.34. The van der Waals surface area contributed by atoms with E-state index in [1.165, 1.54) is 0 Å². The standard InChI is InChI=1S/C19H19NO3/c1-12-3-4-13(2)15(9-12)20-18(21)19(7-8-19)14-5-6-16-17(10-14)23-11-22-16/h3-6,9-10H,7-8,11H2,1-2H3,(H,20,21). The van der Waals surface area contributed by atoms with Gasteiger partial charge in [-0.05, 0) is 61.6 Å². The Kier molecular flexibility index (Phi) is 3.08. The van der Waals surface area contributed by atoms with Crippen LogP contribution in [0.2, 0.25) is 0 Å². The Morgan fingerprint density at radius 1 is 1.04 bits per heavy atom. The van der Waals surface area contributed by atoms with Gasteiger partial charge in [-0.25, -0.2) is 0 Å². The van der Waals surface area contributed by atoms with Gasteiger partial charge in [-0.1, -0.05) is 18.2 Å². The Morgan fingerprint density at radius 2 is 1.83 bits per heavy atom. The van der Waals surface area contributed by atoms with Crippen molar-refractivity contribution >= 4 is 11.6 Å². The van der Waals surface area contributed by atoms with E-state index < -0.39 is 5.41 Å². The van der Waals surface area contributed by atoms with E-state index in [2.05, 4.69) is 11.4 Å². The third-order valence-electron chi connectivity index (χ3n) is 4.75. The normalized spacial score (nSPS) is 17.0. The highest BCUT2D eigenvalue weighted by Crippen LogP contribution is 2.51. The minimum Gasteiger partial charge on any atom is -0.454 e. The second-order valence-electron chi connectivity index (χ2n) is 6.42. The molecular formula is C19H19NO3. The summed E-state index contributed by atoms with van der Waals surface area (Å²) in [4.78, 5) is 12.9. The van der Waals surface area contributed by atoms with Gasteiger partial charge < -0.3 is 14.8 Å². The Morgan fingerprint density at radius 3 is 2.61 bits per heavy atom. The molecule has 1 fully saturated rings. The molecule has 2 aromatic rings. The minimum atomic E-state index is -0.433. The molecule has 1 N–H and O–H groups in total. The molecule has 1 saturated carbocycles. The molecule has 0 bridgehead atoms. The SMILES string of the molecule is Cc1ccc(C)c(NC(=O)C2(c3ccc4c(c3)OCO4)CC2)c1. The lowest BCUT2D eigenvalue weighted by atomic mass is 9.94. The molecule has 1 amide bonds. The molecule has 0 spiro atoms. The van der Waals surface area contributed by atoms with Gasteiger partial charge >= 0.3 is 0 Å². The minimum absolute atomic E-state index is 0.0602. The van der Waals surface area contributed by atoms with Gasteiger partial charge in [-0.3, -0.25) is 4.79 Å². The van der Waals surface area contributed by atoms with E-state index in [-0.39, 0.29) is 12.7 Å². The smallest absolute Gasteiger partial charge is 0.235 e. The van der Waals surface area contributed by atoms with Crippen LogP contribution < -0.4 is 14.8 Å². The van der Waals surface area contributed by atoms with E-state index in [1.54, 1.807) is 0 Å². The predicted molar refractivity (Wildman–Crippen MR) is 88.0 cm³/mol. The zero-order valence-electron chi connectivity index (χ0n) is 13.3. The van der Waals surface area contributed by atoms with Crippen LogP contribution in [0.25, 0.3) is 0 Å². The van der Waals surface area contributed by atoms with Crippen molar-refractivity contribution in [3.63, 3.8) is 0 Å². The van der Waals surface area contributed by atoms with Gasteiger partial charge in [0.05, 0.1) is 5.41 Å². The van der Waals surface area contributed by atoms with Crippen molar-refractivity contribution in [1.82, 2.24) is 0 Å². The first-order valence-electron chi connectivity index (χ1n) is 7.87. The topological polar surface area (TPSA) is 47.6 Å². The number of benzene rings is 2. The fourth-order valence-electron chi connectivity index (χ4n) is 3.08. The molecule has 23 heavy (non-hydrogen) atoms. The molecule has 118 valence electrons. The van der Waals surface area contributed by atoms with Gasteiger partial charge in [0.2, 0.25) is 12.7 Å². The molecule has 4 heteroatoms. The first-order valence-corrected chi connectivity index (χ1v) is 7.87. The molecule has 0 aromatic heterocycles. The summed E-state index contributed by atoms with van der Waals surface area (Å²) in [6.07, 6.45) is 1.73. The summed E-state index contributed by atoms with van der Waals surface area (Å²) in [6, 6.07) is 11.9. The van der Waals surface area contributed by atoms with Crippen LogP contribution >= 0.6 is 0 Å². The molecule has 4 rings (SSSR count). The Bertz CT molecular complexity index is 793. The number of anilines is 1. The van der Waals surface area contributed by atoms with E-state index in [4.69, 9.17) is 9.47 Å². The van der Waals surface area contributed by atoms with Crippen molar-refractivity contribution in [1.29, 1.82) is 0 Å². The molecule has 1 heterocycles. The number of amides is 1. The number of carbonyl (C=O) groups excluding carboxylic acids is 1. The summed E-state index contributed by atoms with van der Waals surface area (Å²) in [5.41, 5.74) is 3.67. The quantitative estimate of drug-likeness (QED) is 0.940. The monoisotopic (exact) mass is 309 g/mol. The fraction of sp³-hybridized carbons (Fsp3) is 0.316. The van der Waals surface area contributed by atoms with Crippen LogP contribution in [0.15, 0.2) is 36.4 Å². The molecule has 4 nitrogen and oxygen atoms in total. The lowest BCUT2D eigenvalue weighted by Gasteiger charge is -2.17. The molecule has 0 radical (unpaired) electrons. The summed E-state index contributed by atoms with van der Waals surface area (Å²) in [5, 5.41) is 3.11. The molecule has 0 atom stereocenters. The van der Waals surface area contributed by atoms with Gasteiger partial charge in [0.1, 0.15) is 0 Å². The second kappa shape index (κ2) is 5.01. The molecule has 1 aliphatic carbocycles. The van der Waals surface area contributed by atoms with Gasteiger partial charge in [0.15, 0.2) is 11.5 Å². The van der Waals surface area contributed by atoms with Crippen molar-refractivity contribution in [2.45, 2.75) is 32.1 Å². The molecule has 0 saturated heterocycles. The third-order valence-corrected chi connectivity index (χ3v) is 4.75. The Labute approximate surface area is 135 Å². The number of hydrogen-bond donors (Lipinski definition) is 1. The first-order chi connectivity index (χ1) is 11.1. The van der Waals surface area contributed by atoms with Crippen LogP contribution in [0.4, 0.5) is 5.69 Å². The van der Waals surface area contributed by atoms with Crippen LogP contribution in [0, 0.1) is 13.8 Å². The van der Waals surface area contributed by atoms with Crippen LogP contribution in [0.1, 0.15) is 29.5 Å². The number of ether oxygens (including phenoxy) is 2. The zero-order valence-corrected chi connectivity index (χ0v) is 13.3. The van der Waals surface area contributed by atoms with Gasteiger partial charge in [-0.2, -0.15) is 0 Å². The predicted octanol–water partition coefficient (Wildman–Crippen LogP) is 3.70. The van der Waals surface area contributed by atoms with E-state index in [0.717, 1.165) is 46.7 Å². The average molecular weight is 309 g/mol. The summed E-state index contributed by atoms with van der Waals surface area (Å²) in [7, 11) is 0. The van der Waals surface area contributed by atoms with E-state index in [9.17, 15) is 4.79 Å². The summed E-state index contributed by atoms with van der Waals surface area (Å²) >= 11 is 0. The average Bonchev–Trinajstić information content (AvgIpc) is 3.22. The van der Waals surface area contributed by atoms with E-state index >= 15 is 0 Å². The summed E-state index contributed by atoms with van der Waals surface area (Å²) < 4.78 is 10.8. The van der Waals surface area contributed by atoms with Crippen LogP contribution in [0.5, 0.6) is 11.5 Å². The number of rotatable bonds is 3. The summed E-state index contributed by atoms with van der Waals surface area (Å²) in [6.45, 7) is 4.29. The maximum Gasteiger partial charge on any atom is 0.235 e. The number of nitrogens with one attached hydrogen (secondary N) is 1. The van der Waals surface area contributed by atoms with Crippen molar-refractivity contribution in [2.24, 2.45) is 0 Å². The Balaban J connectivity index is 1.61. The number of carbonyl (C=O) groups is 1. The lowest BCUT2D eigenvalue weighted by molar-refractivity contribution is -0.118. The number of hydrogen-bond acceptors (Lipinski definition) is 3. The lowest BCUT2D eigenvalue weighted by Crippen LogP contribution is -2.28. The largest absolute Gasteiger partial charge is 0.454 e. The maximum atomic E-state index is 12.9. The second-order valence-corrected chi connectivity index (χ2v) is 6.42. The summed E-state index contributed by atoms with van der Waals surface area (Å²) in [5.74, 6) is 1.54. The molecule has 1 aliphatic heterocycles. The van der Waals surface area contributed by atoms with Crippen LogP contribution in [-0.2, 0) is 10.2 Å². The highest BCUT2D eigenvalue weighted by atomic mass is 16.7. The van der Waals surface area contributed by atoms with Crippen molar-refractivity contribution < 1.29 is 14.3 Å². The van der Waals surface area contributed by atoms with Gasteiger partial charge in [-0.15, -0.1) is 0 Å². The highest BCUT2D eigenvalue weighted by Gasteiger charge is 2.51. The highest BCUT2D eigenvalue weighted by molar-refractivity contribution is 6.02. The molecular weight excluding hydrogens is 290 g/mol.